The molecule has 72 valence electrons. The van der Waals surface area contributed by atoms with Crippen molar-refractivity contribution in [3.63, 3.8) is 0 Å². The number of anilines is 1. The molecule has 13 heavy (non-hydrogen) atoms. The Morgan fingerprint density at radius 3 is 3.00 bits per heavy atom. The highest BCUT2D eigenvalue weighted by Crippen LogP contribution is 2.31. The van der Waals surface area contributed by atoms with Crippen LogP contribution >= 0.6 is 23.1 Å². The van der Waals surface area contributed by atoms with Crippen molar-refractivity contribution in [3.8, 4) is 0 Å². The van der Waals surface area contributed by atoms with Crippen molar-refractivity contribution in [2.24, 2.45) is 0 Å². The normalized spacial score (nSPS) is 15.9. The molecular formula is C9H14N2S2. The number of rotatable bonds is 2. The SMILES string of the molecule is CC(C)Nc1nc2c(s1)CSCC2. The number of thioether (sulfide) groups is 1. The van der Waals surface area contributed by atoms with E-state index in [2.05, 4.69) is 24.1 Å². The van der Waals surface area contributed by atoms with Gasteiger partial charge in [-0.15, -0.1) is 11.3 Å². The van der Waals surface area contributed by atoms with Crippen LogP contribution in [0.1, 0.15) is 24.4 Å². The zero-order chi connectivity index (χ0) is 9.26. The Balaban J connectivity index is 2.15. The van der Waals surface area contributed by atoms with Crippen molar-refractivity contribution in [2.75, 3.05) is 11.1 Å². The standard InChI is InChI=1S/C9H14N2S2/c1-6(2)10-9-11-7-3-4-12-5-8(7)13-9/h6H,3-5H2,1-2H3,(H,10,11). The fraction of sp³-hybridized carbons (Fsp3) is 0.667. The molecule has 1 aromatic heterocycles. The largest absolute Gasteiger partial charge is 0.359 e. The van der Waals surface area contributed by atoms with E-state index in [4.69, 9.17) is 0 Å². The van der Waals surface area contributed by atoms with Crippen LogP contribution in [-0.2, 0) is 12.2 Å². The van der Waals surface area contributed by atoms with Crippen LogP contribution in [0.15, 0.2) is 0 Å². The van der Waals surface area contributed by atoms with E-state index in [1.54, 1.807) is 0 Å². The van der Waals surface area contributed by atoms with E-state index in [0.717, 1.165) is 17.3 Å². The number of nitrogens with zero attached hydrogens (tertiary/aromatic N) is 1. The first-order chi connectivity index (χ1) is 6.25. The second-order valence-electron chi connectivity index (χ2n) is 3.49. The van der Waals surface area contributed by atoms with Crippen LogP contribution < -0.4 is 5.32 Å². The molecule has 2 nitrogen and oxygen atoms in total. The molecule has 0 fully saturated rings. The number of fused-ring (bicyclic) bond motifs is 1. The lowest BCUT2D eigenvalue weighted by Gasteiger charge is -2.06. The number of hydrogen-bond acceptors (Lipinski definition) is 4. The van der Waals surface area contributed by atoms with E-state index in [1.807, 2.05) is 23.1 Å². The van der Waals surface area contributed by atoms with Crippen molar-refractivity contribution in [2.45, 2.75) is 32.1 Å². The van der Waals surface area contributed by atoms with Gasteiger partial charge in [-0.1, -0.05) is 0 Å². The van der Waals surface area contributed by atoms with Gasteiger partial charge in [-0.3, -0.25) is 0 Å². The zero-order valence-electron chi connectivity index (χ0n) is 7.96. The molecule has 0 spiro atoms. The van der Waals surface area contributed by atoms with Crippen molar-refractivity contribution in [1.29, 1.82) is 0 Å². The molecular weight excluding hydrogens is 200 g/mol. The highest BCUT2D eigenvalue weighted by Gasteiger charge is 2.15. The fourth-order valence-electron chi connectivity index (χ4n) is 1.33. The summed E-state index contributed by atoms with van der Waals surface area (Å²) in [6.07, 6.45) is 1.15. The van der Waals surface area contributed by atoms with Crippen LogP contribution in [-0.4, -0.2) is 16.8 Å². The van der Waals surface area contributed by atoms with Crippen LogP contribution in [0, 0.1) is 0 Å². The lowest BCUT2D eigenvalue weighted by atomic mass is 10.3. The van der Waals surface area contributed by atoms with Gasteiger partial charge >= 0.3 is 0 Å². The summed E-state index contributed by atoms with van der Waals surface area (Å²) in [5.41, 5.74) is 1.33. The highest BCUT2D eigenvalue weighted by atomic mass is 32.2. The molecule has 2 rings (SSSR count). The molecule has 0 saturated carbocycles. The van der Waals surface area contributed by atoms with Gasteiger partial charge in [-0.25, -0.2) is 4.98 Å². The van der Waals surface area contributed by atoms with E-state index in [9.17, 15) is 0 Å². The van der Waals surface area contributed by atoms with E-state index >= 15 is 0 Å². The number of aromatic nitrogens is 1. The van der Waals surface area contributed by atoms with Crippen LogP contribution in [0.25, 0.3) is 0 Å². The Bertz CT molecular complexity index is 270. The molecule has 1 aliphatic heterocycles. The molecule has 0 aromatic carbocycles. The van der Waals surface area contributed by atoms with Crippen LogP contribution in [0.4, 0.5) is 5.13 Å². The van der Waals surface area contributed by atoms with Gasteiger partial charge < -0.3 is 5.32 Å². The molecule has 0 unspecified atom stereocenters. The Kier molecular flexibility index (Phi) is 2.79. The Morgan fingerprint density at radius 2 is 2.31 bits per heavy atom. The predicted molar refractivity (Wildman–Crippen MR) is 60.7 cm³/mol. The molecule has 1 N–H and O–H groups in total. The van der Waals surface area contributed by atoms with Gasteiger partial charge in [-0.05, 0) is 26.0 Å². The smallest absolute Gasteiger partial charge is 0.183 e. The van der Waals surface area contributed by atoms with E-state index < -0.39 is 0 Å². The van der Waals surface area contributed by atoms with E-state index in [0.29, 0.717) is 6.04 Å². The fourth-order valence-corrected chi connectivity index (χ4v) is 3.60. The van der Waals surface area contributed by atoms with Gasteiger partial charge in [0.25, 0.3) is 0 Å². The second kappa shape index (κ2) is 3.88. The summed E-state index contributed by atoms with van der Waals surface area (Å²) in [6.45, 7) is 4.30. The number of hydrogen-bond donors (Lipinski definition) is 1. The molecule has 0 atom stereocenters. The number of aryl methyl sites for hydroxylation is 1. The second-order valence-corrected chi connectivity index (χ2v) is 5.68. The minimum Gasteiger partial charge on any atom is -0.359 e. The first kappa shape index (κ1) is 9.34. The Labute approximate surface area is 87.1 Å². The maximum atomic E-state index is 4.58. The monoisotopic (exact) mass is 214 g/mol. The van der Waals surface area contributed by atoms with E-state index in [1.165, 1.54) is 16.3 Å². The third kappa shape index (κ3) is 2.17. The van der Waals surface area contributed by atoms with Gasteiger partial charge in [0.2, 0.25) is 0 Å². The summed E-state index contributed by atoms with van der Waals surface area (Å²) < 4.78 is 0. The van der Waals surface area contributed by atoms with Gasteiger partial charge in [0.05, 0.1) is 5.69 Å². The molecule has 2 heterocycles. The summed E-state index contributed by atoms with van der Waals surface area (Å²) >= 11 is 3.83. The van der Waals surface area contributed by atoms with Gasteiger partial charge in [0.15, 0.2) is 5.13 Å². The van der Waals surface area contributed by atoms with Gasteiger partial charge in [0, 0.05) is 16.7 Å². The van der Waals surface area contributed by atoms with Crippen LogP contribution in [0.2, 0.25) is 0 Å². The summed E-state index contributed by atoms with van der Waals surface area (Å²) in [4.78, 5) is 6.06. The minimum atomic E-state index is 0.486. The summed E-state index contributed by atoms with van der Waals surface area (Å²) in [5.74, 6) is 2.39. The third-order valence-electron chi connectivity index (χ3n) is 1.91. The lowest BCUT2D eigenvalue weighted by Crippen LogP contribution is -2.09. The molecule has 1 aliphatic rings. The minimum absolute atomic E-state index is 0.486. The van der Waals surface area contributed by atoms with Crippen molar-refractivity contribution in [3.05, 3.63) is 10.6 Å². The Hall–Kier alpha value is -0.220. The lowest BCUT2D eigenvalue weighted by molar-refractivity contribution is 0.891. The van der Waals surface area contributed by atoms with E-state index in [-0.39, 0.29) is 0 Å². The van der Waals surface area contributed by atoms with Crippen LogP contribution in [0.5, 0.6) is 0 Å². The number of nitrogens with one attached hydrogen (secondary N) is 1. The average Bonchev–Trinajstić information content (AvgIpc) is 2.44. The number of thiazole rings is 1. The molecule has 1 aromatic rings. The molecule has 0 amide bonds. The molecule has 0 bridgehead atoms. The highest BCUT2D eigenvalue weighted by molar-refractivity contribution is 7.98. The summed E-state index contributed by atoms with van der Waals surface area (Å²) in [6, 6.07) is 0.486. The molecule has 0 radical (unpaired) electrons. The summed E-state index contributed by atoms with van der Waals surface area (Å²) in [7, 11) is 0. The van der Waals surface area contributed by atoms with Crippen molar-refractivity contribution in [1.82, 2.24) is 4.98 Å². The first-order valence-electron chi connectivity index (χ1n) is 4.58. The summed E-state index contributed by atoms with van der Waals surface area (Å²) in [5, 5.41) is 4.46. The van der Waals surface area contributed by atoms with Crippen molar-refractivity contribution < 1.29 is 0 Å². The maximum Gasteiger partial charge on any atom is 0.183 e. The maximum absolute atomic E-state index is 4.58. The first-order valence-corrected chi connectivity index (χ1v) is 6.55. The van der Waals surface area contributed by atoms with Gasteiger partial charge in [0.1, 0.15) is 0 Å². The Morgan fingerprint density at radius 1 is 1.46 bits per heavy atom. The van der Waals surface area contributed by atoms with Crippen molar-refractivity contribution >= 4 is 28.2 Å². The van der Waals surface area contributed by atoms with Crippen LogP contribution in [0.3, 0.4) is 0 Å². The molecule has 0 aliphatic carbocycles. The average molecular weight is 214 g/mol. The van der Waals surface area contributed by atoms with Gasteiger partial charge in [-0.2, -0.15) is 11.8 Å². The molecule has 4 heteroatoms. The quantitative estimate of drug-likeness (QED) is 0.819. The zero-order valence-corrected chi connectivity index (χ0v) is 9.60. The third-order valence-corrected chi connectivity index (χ3v) is 4.10. The predicted octanol–water partition coefficient (Wildman–Crippen LogP) is 2.75. The topological polar surface area (TPSA) is 24.9 Å². The molecule has 0 saturated heterocycles.